The van der Waals surface area contributed by atoms with Crippen LogP contribution in [0.4, 0.5) is 5.95 Å². The van der Waals surface area contributed by atoms with Crippen LogP contribution in [0.15, 0.2) is 30.7 Å². The van der Waals surface area contributed by atoms with Gasteiger partial charge in [0.1, 0.15) is 11.9 Å². The van der Waals surface area contributed by atoms with E-state index in [2.05, 4.69) is 25.9 Å². The summed E-state index contributed by atoms with van der Waals surface area (Å²) < 4.78 is 31.2. The first-order valence-electron chi connectivity index (χ1n) is 10.9. The van der Waals surface area contributed by atoms with Gasteiger partial charge in [0.05, 0.1) is 35.6 Å². The maximum Gasteiger partial charge on any atom is 0.225 e. The number of piperidine rings is 1. The van der Waals surface area contributed by atoms with Gasteiger partial charge < -0.3 is 9.64 Å². The van der Waals surface area contributed by atoms with Crippen LogP contribution in [0.2, 0.25) is 5.02 Å². The van der Waals surface area contributed by atoms with Gasteiger partial charge in [0.2, 0.25) is 16.0 Å². The van der Waals surface area contributed by atoms with Gasteiger partial charge >= 0.3 is 0 Å². The monoisotopic (exact) mass is 475 g/mol. The molecule has 3 aliphatic rings. The molecule has 10 heteroatoms. The first-order valence-corrected chi connectivity index (χ1v) is 13.1. The van der Waals surface area contributed by atoms with Crippen molar-refractivity contribution >= 4 is 33.1 Å². The number of fused-ring (bicyclic) bond motifs is 1. The zero-order chi connectivity index (χ0) is 22.3. The van der Waals surface area contributed by atoms with Crippen molar-refractivity contribution in [2.75, 3.05) is 37.3 Å². The highest BCUT2D eigenvalue weighted by molar-refractivity contribution is 7.88. The van der Waals surface area contributed by atoms with E-state index in [1.807, 2.05) is 12.3 Å². The van der Waals surface area contributed by atoms with Crippen LogP contribution in [0.5, 0.6) is 5.75 Å². The quantitative estimate of drug-likeness (QED) is 0.671. The molecule has 0 N–H and O–H groups in total. The molecule has 0 aliphatic carbocycles. The van der Waals surface area contributed by atoms with E-state index in [1.54, 1.807) is 12.4 Å². The summed E-state index contributed by atoms with van der Waals surface area (Å²) in [6.45, 7) is 2.70. The van der Waals surface area contributed by atoms with Crippen molar-refractivity contribution in [1.82, 2.24) is 19.3 Å². The van der Waals surface area contributed by atoms with Crippen molar-refractivity contribution in [3.05, 3.63) is 47.0 Å². The zero-order valence-electron chi connectivity index (χ0n) is 17.9. The Hall–Kier alpha value is -2.23. The molecule has 1 fully saturated rings. The summed E-state index contributed by atoms with van der Waals surface area (Å²) in [5.74, 6) is 2.08. The lowest BCUT2D eigenvalue weighted by molar-refractivity contribution is 0.138. The van der Waals surface area contributed by atoms with Crippen LogP contribution in [0.25, 0.3) is 5.57 Å². The summed E-state index contributed by atoms with van der Waals surface area (Å²) in [5, 5.41) is 0.547. The predicted molar refractivity (Wildman–Crippen MR) is 123 cm³/mol. The number of halogens is 1. The Morgan fingerprint density at radius 3 is 2.50 bits per heavy atom. The normalized spacial score (nSPS) is 22.4. The van der Waals surface area contributed by atoms with Crippen molar-refractivity contribution in [3.63, 3.8) is 0 Å². The second-order valence-corrected chi connectivity index (χ2v) is 11.1. The van der Waals surface area contributed by atoms with Crippen molar-refractivity contribution in [3.8, 4) is 5.75 Å². The van der Waals surface area contributed by atoms with Crippen LogP contribution in [0.1, 0.15) is 30.5 Å². The van der Waals surface area contributed by atoms with E-state index in [-0.39, 0.29) is 6.10 Å². The van der Waals surface area contributed by atoms with E-state index in [1.165, 1.54) is 16.1 Å². The Bertz CT molecular complexity index is 1130. The first-order chi connectivity index (χ1) is 15.4. The molecule has 170 valence electrons. The van der Waals surface area contributed by atoms with Crippen LogP contribution in [-0.4, -0.2) is 66.2 Å². The number of hydrogen-bond acceptors (Lipinski definition) is 7. The molecule has 0 aromatic carbocycles. The molecular formula is C22H26ClN5O3S. The van der Waals surface area contributed by atoms with Crippen molar-refractivity contribution < 1.29 is 13.2 Å². The number of ether oxygens (including phenoxy) is 1. The summed E-state index contributed by atoms with van der Waals surface area (Å²) >= 11 is 5.89. The van der Waals surface area contributed by atoms with Crippen molar-refractivity contribution in [2.24, 2.45) is 5.92 Å². The Labute approximate surface area is 193 Å². The Balaban J connectivity index is 1.21. The summed E-state index contributed by atoms with van der Waals surface area (Å²) in [6, 6.07) is 2.12. The number of anilines is 1. The van der Waals surface area contributed by atoms with E-state index >= 15 is 0 Å². The van der Waals surface area contributed by atoms with E-state index in [9.17, 15) is 8.42 Å². The number of nitrogens with zero attached hydrogens (tertiary/aromatic N) is 5. The van der Waals surface area contributed by atoms with Crippen LogP contribution in [0.3, 0.4) is 0 Å². The van der Waals surface area contributed by atoms with E-state index in [0.717, 1.165) is 55.3 Å². The highest BCUT2D eigenvalue weighted by atomic mass is 35.5. The van der Waals surface area contributed by atoms with Crippen LogP contribution in [-0.2, 0) is 16.4 Å². The maximum absolute atomic E-state index is 11.7. The van der Waals surface area contributed by atoms with Gasteiger partial charge in [0, 0.05) is 38.2 Å². The standard InChI is InChI=1S/C22H26ClN5O3S/c1-32(29,30)28-8-4-15(5-9-28)19-10-17-11-20(31-21(17)14-24-19)16-2-6-27(7-3-16)22-25-12-18(23)13-26-22/h4,10,12-14,16,20H,2-3,5-9,11H2,1H3. The molecule has 0 bridgehead atoms. The fourth-order valence-electron chi connectivity index (χ4n) is 4.73. The van der Waals surface area contributed by atoms with Gasteiger partial charge in [-0.05, 0) is 36.8 Å². The van der Waals surface area contributed by atoms with E-state index in [0.29, 0.717) is 30.5 Å². The third kappa shape index (κ3) is 4.46. The smallest absolute Gasteiger partial charge is 0.225 e. The van der Waals surface area contributed by atoms with Crippen LogP contribution in [0, 0.1) is 5.92 Å². The zero-order valence-corrected chi connectivity index (χ0v) is 19.5. The third-order valence-corrected chi connectivity index (χ3v) is 8.04. The molecule has 2 aromatic rings. The molecule has 5 rings (SSSR count). The number of sulfonamides is 1. The Morgan fingerprint density at radius 2 is 1.84 bits per heavy atom. The lowest BCUT2D eigenvalue weighted by atomic mass is 9.89. The molecule has 1 unspecified atom stereocenters. The molecule has 0 spiro atoms. The average molecular weight is 476 g/mol. The van der Waals surface area contributed by atoms with E-state index < -0.39 is 10.0 Å². The lowest BCUT2D eigenvalue weighted by Crippen LogP contribution is -2.40. The molecule has 3 aliphatic heterocycles. The average Bonchev–Trinajstić information content (AvgIpc) is 3.23. The number of rotatable bonds is 4. The van der Waals surface area contributed by atoms with Gasteiger partial charge in [0.15, 0.2) is 0 Å². The third-order valence-electron chi connectivity index (χ3n) is 6.57. The summed E-state index contributed by atoms with van der Waals surface area (Å²) in [6.07, 6.45) is 12.1. The highest BCUT2D eigenvalue weighted by Crippen LogP contribution is 2.37. The van der Waals surface area contributed by atoms with Gasteiger partial charge in [-0.25, -0.2) is 18.4 Å². The molecule has 0 saturated carbocycles. The SMILES string of the molecule is CS(=O)(=O)N1CC=C(c2cc3c(cn2)OC(C2CCN(c4ncc(Cl)cn4)CC2)C3)CC1. The minimum Gasteiger partial charge on any atom is -0.488 e. The lowest BCUT2D eigenvalue weighted by Gasteiger charge is -2.34. The second kappa shape index (κ2) is 8.61. The van der Waals surface area contributed by atoms with E-state index in [4.69, 9.17) is 16.3 Å². The van der Waals surface area contributed by atoms with Crippen molar-refractivity contribution in [2.45, 2.75) is 31.8 Å². The Morgan fingerprint density at radius 1 is 1.09 bits per heavy atom. The molecule has 2 aromatic heterocycles. The largest absolute Gasteiger partial charge is 0.488 e. The summed E-state index contributed by atoms with van der Waals surface area (Å²) in [4.78, 5) is 15.5. The first kappa shape index (κ1) is 21.6. The summed E-state index contributed by atoms with van der Waals surface area (Å²) in [7, 11) is -3.15. The summed E-state index contributed by atoms with van der Waals surface area (Å²) in [5.41, 5.74) is 3.22. The molecule has 1 atom stereocenters. The molecule has 32 heavy (non-hydrogen) atoms. The van der Waals surface area contributed by atoms with Gasteiger partial charge in [-0.15, -0.1) is 0 Å². The van der Waals surface area contributed by atoms with Crippen LogP contribution < -0.4 is 9.64 Å². The van der Waals surface area contributed by atoms with Crippen LogP contribution >= 0.6 is 11.6 Å². The molecule has 0 radical (unpaired) electrons. The van der Waals surface area contributed by atoms with Gasteiger partial charge in [0.25, 0.3) is 0 Å². The number of pyridine rings is 1. The highest BCUT2D eigenvalue weighted by Gasteiger charge is 2.34. The number of aromatic nitrogens is 3. The van der Waals surface area contributed by atoms with Gasteiger partial charge in [-0.1, -0.05) is 17.7 Å². The predicted octanol–water partition coefficient (Wildman–Crippen LogP) is 2.79. The minimum absolute atomic E-state index is 0.163. The fourth-order valence-corrected chi connectivity index (χ4v) is 5.60. The maximum atomic E-state index is 11.7. The molecule has 1 saturated heterocycles. The second-order valence-electron chi connectivity index (χ2n) is 8.66. The fraction of sp³-hybridized carbons (Fsp3) is 0.500. The van der Waals surface area contributed by atoms with Gasteiger partial charge in [-0.2, -0.15) is 4.31 Å². The molecule has 0 amide bonds. The topological polar surface area (TPSA) is 88.5 Å². The Kier molecular flexibility index (Phi) is 5.81. The molecular weight excluding hydrogens is 450 g/mol. The van der Waals surface area contributed by atoms with Crippen molar-refractivity contribution in [1.29, 1.82) is 0 Å². The number of hydrogen-bond donors (Lipinski definition) is 0. The molecule has 5 heterocycles. The molecule has 8 nitrogen and oxygen atoms in total. The minimum atomic E-state index is -3.15. The van der Waals surface area contributed by atoms with Gasteiger partial charge in [-0.3, -0.25) is 4.98 Å².